The Labute approximate surface area is 249 Å². The Kier molecular flexibility index (Phi) is 6.20. The van der Waals surface area contributed by atoms with Gasteiger partial charge in [-0.1, -0.05) is 54.6 Å². The first-order valence-electron chi connectivity index (χ1n) is 14.1. The van der Waals surface area contributed by atoms with Crippen LogP contribution in [-0.2, 0) is 0 Å². The molecular formula is C36H29NO6. The summed E-state index contributed by atoms with van der Waals surface area (Å²) in [6, 6.07) is 25.2. The van der Waals surface area contributed by atoms with Crippen LogP contribution in [0.3, 0.4) is 0 Å². The molecular weight excluding hydrogens is 542 g/mol. The number of ether oxygens (including phenoxy) is 3. The van der Waals surface area contributed by atoms with Gasteiger partial charge in [-0.2, -0.15) is 0 Å². The summed E-state index contributed by atoms with van der Waals surface area (Å²) in [7, 11) is 4.67. The van der Waals surface area contributed by atoms with Gasteiger partial charge >= 0.3 is 0 Å². The summed E-state index contributed by atoms with van der Waals surface area (Å²) in [5.41, 5.74) is 1.77. The molecule has 1 spiro atoms. The van der Waals surface area contributed by atoms with Gasteiger partial charge in [0.15, 0.2) is 17.3 Å². The van der Waals surface area contributed by atoms with Crippen LogP contribution in [0.25, 0.3) is 6.08 Å². The third-order valence-corrected chi connectivity index (χ3v) is 9.13. The zero-order valence-corrected chi connectivity index (χ0v) is 23.9. The molecule has 0 bridgehead atoms. The predicted molar refractivity (Wildman–Crippen MR) is 163 cm³/mol. The minimum absolute atomic E-state index is 0.221. The SMILES string of the molecule is COc1ccc(C(=O)[C@@H]2[C@@H](c3cc(OC)ccc3OC)C3(C(=O)c4ccccc4C3=O)[C@@H]3C=Cc4ccccc4N23)cc1. The number of Topliss-reactive ketones (excluding diaryl/α,β-unsaturated/α-hetero) is 3. The van der Waals surface area contributed by atoms with E-state index in [1.165, 1.54) is 0 Å². The molecule has 1 aliphatic carbocycles. The Morgan fingerprint density at radius 3 is 2.02 bits per heavy atom. The van der Waals surface area contributed by atoms with E-state index < -0.39 is 23.4 Å². The van der Waals surface area contributed by atoms with Crippen molar-refractivity contribution in [3.05, 3.63) is 125 Å². The third kappa shape index (κ3) is 3.64. The van der Waals surface area contributed by atoms with Crippen LogP contribution in [-0.4, -0.2) is 50.8 Å². The van der Waals surface area contributed by atoms with Crippen LogP contribution in [0.4, 0.5) is 5.69 Å². The van der Waals surface area contributed by atoms with Crippen molar-refractivity contribution in [1.29, 1.82) is 0 Å². The first kappa shape index (κ1) is 26.7. The molecule has 0 aromatic heterocycles. The Bertz CT molecular complexity index is 1790. The Hall–Kier alpha value is -5.17. The van der Waals surface area contributed by atoms with Crippen LogP contribution in [0.1, 0.15) is 48.1 Å². The summed E-state index contributed by atoms with van der Waals surface area (Å²) in [6.45, 7) is 0. The van der Waals surface area contributed by atoms with Crippen molar-refractivity contribution in [1.82, 2.24) is 0 Å². The van der Waals surface area contributed by atoms with Crippen molar-refractivity contribution >= 4 is 29.1 Å². The fourth-order valence-electron chi connectivity index (χ4n) is 7.27. The molecule has 1 fully saturated rings. The second-order valence-electron chi connectivity index (χ2n) is 11.0. The molecule has 0 amide bonds. The van der Waals surface area contributed by atoms with E-state index in [-0.39, 0.29) is 17.3 Å². The minimum Gasteiger partial charge on any atom is -0.497 e. The normalized spacial score (nSPS) is 20.9. The molecule has 2 aliphatic heterocycles. The molecule has 43 heavy (non-hydrogen) atoms. The van der Waals surface area contributed by atoms with E-state index in [2.05, 4.69) is 0 Å². The smallest absolute Gasteiger partial charge is 0.185 e. The van der Waals surface area contributed by atoms with Crippen LogP contribution in [0.2, 0.25) is 0 Å². The number of hydrogen-bond donors (Lipinski definition) is 0. The lowest BCUT2D eigenvalue weighted by Crippen LogP contribution is -2.48. The number of hydrogen-bond acceptors (Lipinski definition) is 7. The van der Waals surface area contributed by atoms with Crippen LogP contribution in [0.15, 0.2) is 97.1 Å². The first-order valence-corrected chi connectivity index (χ1v) is 14.1. The van der Waals surface area contributed by atoms with Crippen molar-refractivity contribution in [2.75, 3.05) is 26.2 Å². The van der Waals surface area contributed by atoms with Crippen LogP contribution < -0.4 is 19.1 Å². The zero-order valence-electron chi connectivity index (χ0n) is 23.9. The van der Waals surface area contributed by atoms with Crippen LogP contribution in [0, 0.1) is 5.41 Å². The number of fused-ring (bicyclic) bond motifs is 5. The first-order chi connectivity index (χ1) is 20.9. The average Bonchev–Trinajstić information content (AvgIpc) is 3.50. The van der Waals surface area contributed by atoms with Crippen molar-refractivity contribution in [2.45, 2.75) is 18.0 Å². The summed E-state index contributed by atoms with van der Waals surface area (Å²) in [5, 5.41) is 0. The van der Waals surface area contributed by atoms with Gasteiger partial charge in [-0.05, 0) is 54.1 Å². The van der Waals surface area contributed by atoms with E-state index >= 15 is 0 Å². The second-order valence-corrected chi connectivity index (χ2v) is 11.0. The highest BCUT2D eigenvalue weighted by Gasteiger charge is 2.72. The second kappa shape index (κ2) is 9.98. The van der Waals surface area contributed by atoms with Crippen LogP contribution >= 0.6 is 0 Å². The van der Waals surface area contributed by atoms with E-state index in [1.54, 1.807) is 88.1 Å². The highest BCUT2D eigenvalue weighted by molar-refractivity contribution is 6.32. The fourth-order valence-corrected chi connectivity index (χ4v) is 7.27. The van der Waals surface area contributed by atoms with Gasteiger partial charge in [0.2, 0.25) is 0 Å². The van der Waals surface area contributed by atoms with Gasteiger partial charge in [0, 0.05) is 33.9 Å². The number of rotatable bonds is 6. The third-order valence-electron chi connectivity index (χ3n) is 9.13. The highest BCUT2D eigenvalue weighted by Crippen LogP contribution is 2.62. The number of ketones is 3. The lowest BCUT2D eigenvalue weighted by molar-refractivity contribution is 0.0664. The number of carbonyl (C=O) groups is 3. The molecule has 7 rings (SSSR count). The topological polar surface area (TPSA) is 82.1 Å². The zero-order chi connectivity index (χ0) is 29.9. The van der Waals surface area contributed by atoms with Gasteiger partial charge in [0.1, 0.15) is 28.7 Å². The maximum absolute atomic E-state index is 14.9. The molecule has 0 unspecified atom stereocenters. The van der Waals surface area contributed by atoms with Crippen molar-refractivity contribution < 1.29 is 28.6 Å². The average molecular weight is 572 g/mol. The minimum atomic E-state index is -1.64. The monoisotopic (exact) mass is 571 g/mol. The molecule has 1 saturated heterocycles. The Balaban J connectivity index is 1.56. The summed E-state index contributed by atoms with van der Waals surface area (Å²) < 4.78 is 16.8. The van der Waals surface area contributed by atoms with Gasteiger partial charge in [-0.15, -0.1) is 0 Å². The number of nitrogens with zero attached hydrogens (tertiary/aromatic N) is 1. The van der Waals surface area contributed by atoms with Crippen LogP contribution in [0.5, 0.6) is 17.2 Å². The summed E-state index contributed by atoms with van der Waals surface area (Å²) in [4.78, 5) is 46.5. The summed E-state index contributed by atoms with van der Waals surface area (Å²) >= 11 is 0. The van der Waals surface area contributed by atoms with Crippen molar-refractivity contribution in [3.63, 3.8) is 0 Å². The highest BCUT2D eigenvalue weighted by atomic mass is 16.5. The van der Waals surface area contributed by atoms with Gasteiger partial charge in [0.25, 0.3) is 0 Å². The lowest BCUT2D eigenvalue weighted by Gasteiger charge is -2.37. The number of methoxy groups -OCH3 is 3. The quantitative estimate of drug-likeness (QED) is 0.207. The Morgan fingerprint density at radius 2 is 1.37 bits per heavy atom. The number of benzene rings is 4. The molecule has 4 aromatic carbocycles. The molecule has 0 saturated carbocycles. The van der Waals surface area contributed by atoms with Gasteiger partial charge < -0.3 is 19.1 Å². The molecule has 0 radical (unpaired) electrons. The van der Waals surface area contributed by atoms with E-state index in [0.29, 0.717) is 39.5 Å². The molecule has 214 valence electrons. The maximum Gasteiger partial charge on any atom is 0.185 e. The molecule has 0 N–H and O–H groups in total. The molecule has 2 heterocycles. The van der Waals surface area contributed by atoms with Crippen molar-refractivity contribution in [2.24, 2.45) is 5.41 Å². The number of anilines is 1. The molecule has 3 aliphatic rings. The lowest BCUT2D eigenvalue weighted by atomic mass is 9.64. The van der Waals surface area contributed by atoms with E-state index in [9.17, 15) is 14.4 Å². The summed E-state index contributed by atoms with van der Waals surface area (Å²) in [5.74, 6) is -0.129. The molecule has 7 heteroatoms. The number of para-hydroxylation sites is 1. The molecule has 3 atom stereocenters. The molecule has 4 aromatic rings. The van der Waals surface area contributed by atoms with E-state index in [0.717, 1.165) is 11.3 Å². The molecule has 7 nitrogen and oxygen atoms in total. The van der Waals surface area contributed by atoms with Gasteiger partial charge in [-0.3, -0.25) is 14.4 Å². The van der Waals surface area contributed by atoms with E-state index in [4.69, 9.17) is 14.2 Å². The fraction of sp³-hybridized carbons (Fsp3) is 0.194. The predicted octanol–water partition coefficient (Wildman–Crippen LogP) is 6.03. The Morgan fingerprint density at radius 1 is 0.744 bits per heavy atom. The maximum atomic E-state index is 14.9. The van der Waals surface area contributed by atoms with E-state index in [1.807, 2.05) is 41.3 Å². The van der Waals surface area contributed by atoms with Gasteiger partial charge in [0.05, 0.1) is 27.4 Å². The summed E-state index contributed by atoms with van der Waals surface area (Å²) in [6.07, 6.45) is 3.85. The van der Waals surface area contributed by atoms with Crippen molar-refractivity contribution in [3.8, 4) is 17.2 Å². The standard InChI is InChI=1S/C36H29NO6/c1-41-23-15-12-22(13-16-23)33(38)32-31(27-20-24(42-2)17-18-29(27)43-3)36(34(39)25-9-5-6-10-26(25)35(36)40)30-19-14-21-8-4-7-11-28(21)37(30)32/h4-20,30-32H,1-3H3/t30-,31+,32-/m0/s1. The largest absolute Gasteiger partial charge is 0.497 e. The number of carbonyl (C=O) groups excluding carboxylic acids is 3. The van der Waals surface area contributed by atoms with Gasteiger partial charge in [-0.25, -0.2) is 0 Å².